The van der Waals surface area contributed by atoms with Crippen molar-refractivity contribution in [3.63, 3.8) is 0 Å². The molecule has 1 aliphatic heterocycles. The minimum Gasteiger partial charge on any atom is -0.212 e. The summed E-state index contributed by atoms with van der Waals surface area (Å²) in [5.41, 5.74) is 0.359. The Bertz CT molecular complexity index is 843. The maximum absolute atomic E-state index is 13.1. The Kier molecular flexibility index (Phi) is 5.21. The molecule has 0 spiro atoms. The van der Waals surface area contributed by atoms with Gasteiger partial charge in [-0.15, -0.1) is 0 Å². The molecule has 9 heteroatoms. The van der Waals surface area contributed by atoms with Gasteiger partial charge in [0.25, 0.3) is 0 Å². The van der Waals surface area contributed by atoms with Crippen LogP contribution in [0, 0.1) is 18.7 Å². The fourth-order valence-electron chi connectivity index (χ4n) is 3.16. The van der Waals surface area contributed by atoms with Crippen molar-refractivity contribution in [3.05, 3.63) is 29.6 Å². The summed E-state index contributed by atoms with van der Waals surface area (Å²) in [5, 5.41) is -0.205. The molecule has 0 amide bonds. The smallest absolute Gasteiger partial charge is 0.212 e. The molecule has 2 aliphatic rings. The van der Waals surface area contributed by atoms with Crippen LogP contribution in [0.4, 0.5) is 4.39 Å². The number of hydrogen-bond acceptors (Lipinski definition) is 4. The molecular weight excluding hydrogens is 367 g/mol. The first kappa shape index (κ1) is 18.8. The van der Waals surface area contributed by atoms with Gasteiger partial charge in [-0.05, 0) is 62.3 Å². The molecule has 1 saturated heterocycles. The molecule has 140 valence electrons. The topological polar surface area (TPSA) is 83.6 Å². The Morgan fingerprint density at radius 2 is 1.76 bits per heavy atom. The minimum atomic E-state index is -3.70. The van der Waals surface area contributed by atoms with Gasteiger partial charge in [-0.2, -0.15) is 0 Å². The van der Waals surface area contributed by atoms with Crippen LogP contribution in [0.15, 0.2) is 23.1 Å². The highest BCUT2D eigenvalue weighted by Gasteiger charge is 2.41. The molecule has 6 nitrogen and oxygen atoms in total. The number of nitrogens with zero attached hydrogens (tertiary/aromatic N) is 1. The molecule has 1 aromatic rings. The van der Waals surface area contributed by atoms with Crippen LogP contribution < -0.4 is 4.72 Å². The largest absolute Gasteiger partial charge is 0.240 e. The highest BCUT2D eigenvalue weighted by atomic mass is 32.2. The van der Waals surface area contributed by atoms with Crippen molar-refractivity contribution < 1.29 is 21.2 Å². The van der Waals surface area contributed by atoms with E-state index in [1.807, 2.05) is 0 Å². The summed E-state index contributed by atoms with van der Waals surface area (Å²) in [7, 11) is -6.85. The number of aryl methyl sites for hydroxylation is 1. The molecule has 25 heavy (non-hydrogen) atoms. The van der Waals surface area contributed by atoms with E-state index in [1.54, 1.807) is 11.2 Å². The van der Waals surface area contributed by atoms with E-state index in [1.165, 1.54) is 12.1 Å². The Morgan fingerprint density at radius 3 is 2.32 bits per heavy atom. The molecule has 0 atom stereocenters. The third-order valence-electron chi connectivity index (χ3n) is 4.87. The van der Waals surface area contributed by atoms with Gasteiger partial charge < -0.3 is 0 Å². The summed E-state index contributed by atoms with van der Waals surface area (Å²) in [5.74, 6) is -0.373. The number of benzene rings is 1. The number of hydrogen-bond donors (Lipinski definition) is 1. The summed E-state index contributed by atoms with van der Waals surface area (Å²) in [6, 6.07) is 3.58. The number of rotatable bonds is 6. The molecule has 1 N–H and O–H groups in total. The molecule has 1 heterocycles. The predicted molar refractivity (Wildman–Crippen MR) is 92.6 cm³/mol. The highest BCUT2D eigenvalue weighted by Crippen LogP contribution is 2.33. The van der Waals surface area contributed by atoms with E-state index in [-0.39, 0.29) is 22.6 Å². The van der Waals surface area contributed by atoms with Crippen molar-refractivity contribution >= 4 is 20.0 Å². The number of nitrogens with one attached hydrogen (secondary N) is 1. The van der Waals surface area contributed by atoms with Crippen LogP contribution in [0.25, 0.3) is 0 Å². The first-order valence-electron chi connectivity index (χ1n) is 8.45. The van der Waals surface area contributed by atoms with Crippen molar-refractivity contribution in [3.8, 4) is 0 Å². The van der Waals surface area contributed by atoms with E-state index in [9.17, 15) is 21.2 Å². The molecule has 0 radical (unpaired) electrons. The van der Waals surface area contributed by atoms with E-state index in [2.05, 4.69) is 4.72 Å². The number of sulfonamides is 2. The average Bonchev–Trinajstić information content (AvgIpc) is 3.38. The van der Waals surface area contributed by atoms with Gasteiger partial charge in [0, 0.05) is 19.6 Å². The summed E-state index contributed by atoms with van der Waals surface area (Å²) < 4.78 is 66.4. The standard InChI is InChI=1S/C16H23FN2O4S2/c1-12-10-14(17)2-5-16(12)24(20,21)18-11-13-6-8-19(9-7-13)25(22,23)15-3-4-15/h2,5,10,13,15,18H,3-4,6-9,11H2,1H3. The zero-order chi connectivity index (χ0) is 18.2. The fourth-order valence-corrected chi connectivity index (χ4v) is 6.38. The predicted octanol–water partition coefficient (Wildman–Crippen LogP) is 1.62. The average molecular weight is 391 g/mol. The first-order chi connectivity index (χ1) is 11.7. The first-order valence-corrected chi connectivity index (χ1v) is 11.4. The molecule has 1 aliphatic carbocycles. The van der Waals surface area contributed by atoms with Crippen LogP contribution in [0.1, 0.15) is 31.2 Å². The lowest BCUT2D eigenvalue weighted by Crippen LogP contribution is -2.42. The maximum Gasteiger partial charge on any atom is 0.240 e. The summed E-state index contributed by atoms with van der Waals surface area (Å²) >= 11 is 0. The van der Waals surface area contributed by atoms with Gasteiger partial charge in [0.15, 0.2) is 0 Å². The van der Waals surface area contributed by atoms with Crippen LogP contribution in [-0.4, -0.2) is 46.0 Å². The molecule has 1 saturated carbocycles. The molecule has 3 rings (SSSR count). The number of piperidine rings is 1. The summed E-state index contributed by atoms with van der Waals surface area (Å²) in [6.07, 6.45) is 2.77. The second-order valence-electron chi connectivity index (χ2n) is 6.85. The van der Waals surface area contributed by atoms with Crippen molar-refractivity contribution in [2.24, 2.45) is 5.92 Å². The van der Waals surface area contributed by atoms with Gasteiger partial charge in [0.2, 0.25) is 20.0 Å². The Morgan fingerprint density at radius 1 is 1.12 bits per heavy atom. The maximum atomic E-state index is 13.1. The Hall–Kier alpha value is -1.03. The molecule has 1 aromatic carbocycles. The van der Waals surface area contributed by atoms with Gasteiger partial charge in [-0.3, -0.25) is 0 Å². The summed E-state index contributed by atoms with van der Waals surface area (Å²) in [6.45, 7) is 2.71. The van der Waals surface area contributed by atoms with Crippen LogP contribution in [0.5, 0.6) is 0 Å². The molecular formula is C16H23FN2O4S2. The lowest BCUT2D eigenvalue weighted by atomic mass is 9.99. The van der Waals surface area contributed by atoms with Crippen molar-refractivity contribution in [1.82, 2.24) is 9.03 Å². The second-order valence-corrected chi connectivity index (χ2v) is 10.8. The van der Waals surface area contributed by atoms with Crippen molar-refractivity contribution in [2.75, 3.05) is 19.6 Å². The Balaban J connectivity index is 1.56. The van der Waals surface area contributed by atoms with Crippen molar-refractivity contribution in [2.45, 2.75) is 42.8 Å². The van der Waals surface area contributed by atoms with E-state index in [4.69, 9.17) is 0 Å². The van der Waals surface area contributed by atoms with Crippen LogP contribution >= 0.6 is 0 Å². The normalized spacial score (nSPS) is 20.7. The zero-order valence-corrected chi connectivity index (χ0v) is 15.7. The van der Waals surface area contributed by atoms with Crippen LogP contribution in [0.2, 0.25) is 0 Å². The van der Waals surface area contributed by atoms with Gasteiger partial charge in [-0.25, -0.2) is 30.3 Å². The third kappa shape index (κ3) is 4.21. The van der Waals surface area contributed by atoms with E-state index in [0.717, 1.165) is 18.9 Å². The lowest BCUT2D eigenvalue weighted by Gasteiger charge is -2.31. The van der Waals surface area contributed by atoms with Gasteiger partial charge in [0.1, 0.15) is 5.82 Å². The van der Waals surface area contributed by atoms with Crippen molar-refractivity contribution in [1.29, 1.82) is 0 Å². The molecule has 0 aromatic heterocycles. The molecule has 0 bridgehead atoms. The minimum absolute atomic E-state index is 0.0719. The fraction of sp³-hybridized carbons (Fsp3) is 0.625. The van der Waals surface area contributed by atoms with Gasteiger partial charge in [-0.1, -0.05) is 0 Å². The monoisotopic (exact) mass is 390 g/mol. The number of halogens is 1. The molecule has 0 unspecified atom stereocenters. The van der Waals surface area contributed by atoms with Gasteiger partial charge in [0.05, 0.1) is 10.1 Å². The lowest BCUT2D eigenvalue weighted by molar-refractivity contribution is 0.274. The summed E-state index contributed by atoms with van der Waals surface area (Å²) in [4.78, 5) is 0.0719. The zero-order valence-electron chi connectivity index (χ0n) is 14.1. The van der Waals surface area contributed by atoms with Gasteiger partial charge >= 0.3 is 0 Å². The van der Waals surface area contributed by atoms with E-state index >= 15 is 0 Å². The van der Waals surface area contributed by atoms with E-state index < -0.39 is 25.9 Å². The third-order valence-corrected chi connectivity index (χ3v) is 8.85. The van der Waals surface area contributed by atoms with Crippen LogP contribution in [-0.2, 0) is 20.0 Å². The Labute approximate surface area is 148 Å². The highest BCUT2D eigenvalue weighted by molar-refractivity contribution is 7.90. The SMILES string of the molecule is Cc1cc(F)ccc1S(=O)(=O)NCC1CCN(S(=O)(=O)C2CC2)CC1. The quantitative estimate of drug-likeness (QED) is 0.800. The molecule has 2 fully saturated rings. The van der Waals surface area contributed by atoms with Crippen LogP contribution in [0.3, 0.4) is 0 Å². The van der Waals surface area contributed by atoms with E-state index in [0.29, 0.717) is 31.5 Å². The second kappa shape index (κ2) is 6.94.